The molecule has 0 N–H and O–H groups in total. The Kier molecular flexibility index (Phi) is 5.39. The largest absolute Gasteiger partial charge is 0.279 e. The van der Waals surface area contributed by atoms with Crippen LogP contribution in [-0.2, 0) is 0 Å². The van der Waals surface area contributed by atoms with E-state index in [1.165, 1.54) is 0 Å². The number of carbonyl (C=O) groups excluding carboxylic acids is 1. The zero-order valence-corrected chi connectivity index (χ0v) is 12.0. The van der Waals surface area contributed by atoms with Crippen molar-refractivity contribution < 1.29 is 4.79 Å². The molecule has 0 radical (unpaired) electrons. The van der Waals surface area contributed by atoms with E-state index in [4.69, 9.17) is 0 Å². The minimum atomic E-state index is -0.165. The summed E-state index contributed by atoms with van der Waals surface area (Å²) in [6.07, 6.45) is 1.69. The van der Waals surface area contributed by atoms with E-state index in [0.717, 1.165) is 24.0 Å². The highest BCUT2D eigenvalue weighted by Gasteiger charge is 2.06. The average Bonchev–Trinajstić information content (AvgIpc) is 2.54. The fraction of sp³-hybridized carbons (Fsp3) is 0.150. The fourth-order valence-electron chi connectivity index (χ4n) is 1.79. The summed E-state index contributed by atoms with van der Waals surface area (Å²) in [6, 6.07) is 17.1. The van der Waals surface area contributed by atoms with Gasteiger partial charge < -0.3 is 0 Å². The summed E-state index contributed by atoms with van der Waals surface area (Å²) in [5.74, 6) is 11.5. The topological polar surface area (TPSA) is 17.1 Å². The third-order valence-corrected chi connectivity index (χ3v) is 2.86. The van der Waals surface area contributed by atoms with Gasteiger partial charge in [0.2, 0.25) is 5.78 Å². The van der Waals surface area contributed by atoms with Crippen molar-refractivity contribution >= 4 is 5.78 Å². The predicted molar refractivity (Wildman–Crippen MR) is 85.9 cm³/mol. The Morgan fingerprint density at radius 1 is 0.952 bits per heavy atom. The maximum Gasteiger partial charge on any atom is 0.237 e. The maximum absolute atomic E-state index is 12.1. The van der Waals surface area contributed by atoms with Gasteiger partial charge in [0.05, 0.1) is 0 Å². The van der Waals surface area contributed by atoms with Crippen molar-refractivity contribution in [2.75, 3.05) is 0 Å². The summed E-state index contributed by atoms with van der Waals surface area (Å²) in [5, 5.41) is 0. The first-order chi connectivity index (χ1) is 10.3. The molecular formula is C20H16O. The molecule has 0 aliphatic rings. The molecule has 0 bridgehead atoms. The van der Waals surface area contributed by atoms with Gasteiger partial charge in [0.1, 0.15) is 0 Å². The van der Waals surface area contributed by atoms with E-state index in [-0.39, 0.29) is 5.78 Å². The Hall–Kier alpha value is -2.77. The van der Waals surface area contributed by atoms with Crippen LogP contribution < -0.4 is 0 Å². The van der Waals surface area contributed by atoms with Gasteiger partial charge in [-0.3, -0.25) is 4.79 Å². The maximum atomic E-state index is 12.1. The van der Waals surface area contributed by atoms with Crippen LogP contribution in [-0.4, -0.2) is 5.78 Å². The summed E-state index contributed by atoms with van der Waals surface area (Å²) in [6.45, 7) is 2.04. The van der Waals surface area contributed by atoms with E-state index < -0.39 is 0 Å². The lowest BCUT2D eigenvalue weighted by atomic mass is 10.0. The van der Waals surface area contributed by atoms with Crippen molar-refractivity contribution in [2.45, 2.75) is 19.8 Å². The fourth-order valence-corrected chi connectivity index (χ4v) is 1.79. The molecule has 0 atom stereocenters. The highest BCUT2D eigenvalue weighted by Crippen LogP contribution is 2.08. The molecule has 0 aromatic heterocycles. The third kappa shape index (κ3) is 4.37. The Morgan fingerprint density at radius 2 is 1.67 bits per heavy atom. The number of ketones is 1. The Bertz CT molecular complexity index is 734. The molecule has 1 nitrogen and oxygen atoms in total. The Balaban J connectivity index is 2.28. The summed E-state index contributed by atoms with van der Waals surface area (Å²) in [4.78, 5) is 12.1. The second kappa shape index (κ2) is 7.73. The molecule has 2 aromatic carbocycles. The van der Waals surface area contributed by atoms with Gasteiger partial charge >= 0.3 is 0 Å². The number of hydrogen-bond acceptors (Lipinski definition) is 1. The molecule has 0 fully saturated rings. The molecule has 0 saturated heterocycles. The van der Waals surface area contributed by atoms with Crippen LogP contribution in [0.5, 0.6) is 0 Å². The molecule has 0 heterocycles. The lowest BCUT2D eigenvalue weighted by molar-refractivity contribution is 0.105. The van der Waals surface area contributed by atoms with Crippen LogP contribution in [0.15, 0.2) is 54.6 Å². The molecule has 0 aliphatic heterocycles. The molecule has 1 heteroatoms. The first kappa shape index (κ1) is 14.6. The van der Waals surface area contributed by atoms with Crippen molar-refractivity contribution in [3.05, 3.63) is 71.3 Å². The lowest BCUT2D eigenvalue weighted by Gasteiger charge is -1.98. The van der Waals surface area contributed by atoms with Gasteiger partial charge in [0, 0.05) is 23.1 Å². The Morgan fingerprint density at radius 3 is 2.43 bits per heavy atom. The zero-order chi connectivity index (χ0) is 14.9. The van der Waals surface area contributed by atoms with E-state index in [9.17, 15) is 4.79 Å². The van der Waals surface area contributed by atoms with Gasteiger partial charge in [-0.2, -0.15) is 0 Å². The molecule has 102 valence electrons. The van der Waals surface area contributed by atoms with Crippen LogP contribution in [0.1, 0.15) is 41.3 Å². The van der Waals surface area contributed by atoms with Crippen LogP contribution in [0.3, 0.4) is 0 Å². The van der Waals surface area contributed by atoms with Gasteiger partial charge in [-0.15, -0.1) is 0 Å². The van der Waals surface area contributed by atoms with Crippen molar-refractivity contribution in [1.29, 1.82) is 0 Å². The summed E-state index contributed by atoms with van der Waals surface area (Å²) in [7, 11) is 0. The number of rotatable bonds is 2. The van der Waals surface area contributed by atoms with E-state index in [0.29, 0.717) is 5.56 Å². The molecule has 0 saturated carbocycles. The number of carbonyl (C=O) groups is 1. The van der Waals surface area contributed by atoms with Crippen molar-refractivity contribution in [2.24, 2.45) is 0 Å². The van der Waals surface area contributed by atoms with Crippen LogP contribution in [0.25, 0.3) is 0 Å². The van der Waals surface area contributed by atoms with Crippen LogP contribution >= 0.6 is 0 Å². The first-order valence-electron chi connectivity index (χ1n) is 7.00. The normalized spacial score (nSPS) is 9.00. The summed E-state index contributed by atoms with van der Waals surface area (Å²) in [5.41, 5.74) is 2.22. The molecule has 2 aromatic rings. The van der Waals surface area contributed by atoms with Gasteiger partial charge in [-0.1, -0.05) is 55.0 Å². The van der Waals surface area contributed by atoms with Gasteiger partial charge in [-0.05, 0) is 36.6 Å². The van der Waals surface area contributed by atoms with Gasteiger partial charge in [0.15, 0.2) is 0 Å². The molecule has 0 unspecified atom stereocenters. The average molecular weight is 272 g/mol. The van der Waals surface area contributed by atoms with Gasteiger partial charge in [-0.25, -0.2) is 0 Å². The van der Waals surface area contributed by atoms with Crippen molar-refractivity contribution in [1.82, 2.24) is 0 Å². The van der Waals surface area contributed by atoms with E-state index in [1.54, 1.807) is 6.07 Å². The quantitative estimate of drug-likeness (QED) is 0.457. The van der Waals surface area contributed by atoms with E-state index in [2.05, 4.69) is 23.7 Å². The summed E-state index contributed by atoms with van der Waals surface area (Å²) < 4.78 is 0. The SMILES string of the molecule is CCCC#CC(=O)c1ccccc1C#Cc1ccccc1. The lowest BCUT2D eigenvalue weighted by Crippen LogP contribution is -1.98. The van der Waals surface area contributed by atoms with Gasteiger partial charge in [0.25, 0.3) is 0 Å². The number of unbranched alkanes of at least 4 members (excludes halogenated alkanes) is 1. The number of benzene rings is 2. The van der Waals surface area contributed by atoms with Crippen molar-refractivity contribution in [3.8, 4) is 23.7 Å². The highest BCUT2D eigenvalue weighted by molar-refractivity contribution is 6.10. The Labute approximate surface area is 126 Å². The molecule has 2 rings (SSSR count). The smallest absolute Gasteiger partial charge is 0.237 e. The van der Waals surface area contributed by atoms with Crippen LogP contribution in [0.2, 0.25) is 0 Å². The minimum Gasteiger partial charge on any atom is -0.279 e. The monoisotopic (exact) mass is 272 g/mol. The highest BCUT2D eigenvalue weighted by atomic mass is 16.1. The van der Waals surface area contributed by atoms with Crippen LogP contribution in [0, 0.1) is 23.7 Å². The molecule has 0 aliphatic carbocycles. The van der Waals surface area contributed by atoms with Crippen molar-refractivity contribution in [3.63, 3.8) is 0 Å². The van der Waals surface area contributed by atoms with E-state index >= 15 is 0 Å². The standard InChI is InChI=1S/C20H16O/c1-2-3-5-14-20(21)19-13-9-8-12-18(19)16-15-17-10-6-4-7-11-17/h4,6-13H,2-3H2,1H3. The zero-order valence-electron chi connectivity index (χ0n) is 12.0. The number of hydrogen-bond donors (Lipinski definition) is 0. The first-order valence-corrected chi connectivity index (χ1v) is 7.00. The van der Waals surface area contributed by atoms with Crippen LogP contribution in [0.4, 0.5) is 0 Å². The number of Topliss-reactive ketones (excluding diaryl/α,β-unsaturated/α-hetero) is 1. The minimum absolute atomic E-state index is 0.165. The molecule has 0 spiro atoms. The predicted octanol–water partition coefficient (Wildman–Crippen LogP) is 4.07. The second-order valence-corrected chi connectivity index (χ2v) is 4.54. The van der Waals surface area contributed by atoms with E-state index in [1.807, 2.05) is 55.5 Å². The molecule has 21 heavy (non-hydrogen) atoms. The molecular weight excluding hydrogens is 256 g/mol. The molecule has 0 amide bonds. The second-order valence-electron chi connectivity index (χ2n) is 4.54. The third-order valence-electron chi connectivity index (χ3n) is 2.86. The summed E-state index contributed by atoms with van der Waals surface area (Å²) >= 11 is 0.